The molecule has 0 saturated carbocycles. The zero-order valence-electron chi connectivity index (χ0n) is 7.44. The minimum Gasteiger partial charge on any atom is -0.481 e. The van der Waals surface area contributed by atoms with E-state index in [1.54, 1.807) is 0 Å². The molecular formula is C8H15NO4. The fraction of sp³-hybridized carbons (Fsp3) is 0.875. The molecule has 0 radical (unpaired) electrons. The van der Waals surface area contributed by atoms with Gasteiger partial charge in [0.25, 0.3) is 0 Å². The SMILES string of the molecule is NCC[C@H]1C[C@@H](CC(=O)O)OCO1. The van der Waals surface area contributed by atoms with E-state index in [1.165, 1.54) is 0 Å². The molecule has 1 rings (SSSR count). The number of nitrogens with two attached hydrogens (primary N) is 1. The first-order valence-electron chi connectivity index (χ1n) is 4.37. The molecular weight excluding hydrogens is 174 g/mol. The quantitative estimate of drug-likeness (QED) is 0.647. The van der Waals surface area contributed by atoms with Crippen LogP contribution in [0.15, 0.2) is 0 Å². The molecule has 0 aliphatic carbocycles. The number of carboxylic acids is 1. The van der Waals surface area contributed by atoms with Gasteiger partial charge in [-0.2, -0.15) is 0 Å². The molecule has 13 heavy (non-hydrogen) atoms. The fourth-order valence-corrected chi connectivity index (χ4v) is 1.39. The first-order valence-corrected chi connectivity index (χ1v) is 4.37. The molecule has 1 saturated heterocycles. The minimum atomic E-state index is -0.835. The van der Waals surface area contributed by atoms with Gasteiger partial charge in [-0.05, 0) is 13.0 Å². The molecule has 0 bridgehead atoms. The zero-order chi connectivity index (χ0) is 9.68. The maximum atomic E-state index is 10.4. The summed E-state index contributed by atoms with van der Waals surface area (Å²) in [4.78, 5) is 10.4. The lowest BCUT2D eigenvalue weighted by molar-refractivity contribution is -0.182. The van der Waals surface area contributed by atoms with Crippen molar-refractivity contribution in [2.75, 3.05) is 13.3 Å². The van der Waals surface area contributed by atoms with Crippen molar-refractivity contribution in [1.82, 2.24) is 0 Å². The van der Waals surface area contributed by atoms with E-state index in [9.17, 15) is 4.79 Å². The van der Waals surface area contributed by atoms with Crippen molar-refractivity contribution in [3.8, 4) is 0 Å². The van der Waals surface area contributed by atoms with Crippen LogP contribution >= 0.6 is 0 Å². The summed E-state index contributed by atoms with van der Waals surface area (Å²) in [5.74, 6) is -0.835. The smallest absolute Gasteiger partial charge is 0.305 e. The van der Waals surface area contributed by atoms with E-state index in [-0.39, 0.29) is 25.4 Å². The van der Waals surface area contributed by atoms with E-state index < -0.39 is 5.97 Å². The monoisotopic (exact) mass is 189 g/mol. The second kappa shape index (κ2) is 5.16. The Kier molecular flexibility index (Phi) is 4.14. The third-order valence-corrected chi connectivity index (χ3v) is 2.02. The fourth-order valence-electron chi connectivity index (χ4n) is 1.39. The normalized spacial score (nSPS) is 28.7. The molecule has 5 heteroatoms. The Hall–Kier alpha value is -0.650. The van der Waals surface area contributed by atoms with Gasteiger partial charge in [-0.3, -0.25) is 4.79 Å². The Morgan fingerprint density at radius 1 is 1.46 bits per heavy atom. The van der Waals surface area contributed by atoms with Gasteiger partial charge in [0.05, 0.1) is 18.6 Å². The Labute approximate surface area is 76.8 Å². The highest BCUT2D eigenvalue weighted by Gasteiger charge is 2.24. The molecule has 3 N–H and O–H groups in total. The lowest BCUT2D eigenvalue weighted by Gasteiger charge is -2.28. The van der Waals surface area contributed by atoms with Crippen LogP contribution in [-0.2, 0) is 14.3 Å². The van der Waals surface area contributed by atoms with Gasteiger partial charge in [-0.15, -0.1) is 0 Å². The number of carbonyl (C=O) groups is 1. The van der Waals surface area contributed by atoms with Crippen LogP contribution in [0.1, 0.15) is 19.3 Å². The molecule has 1 aliphatic heterocycles. The van der Waals surface area contributed by atoms with E-state index >= 15 is 0 Å². The largest absolute Gasteiger partial charge is 0.481 e. The predicted molar refractivity (Wildman–Crippen MR) is 45.2 cm³/mol. The predicted octanol–water partition coefficient (Wildman–Crippen LogP) is -0.0585. The Bertz CT molecular complexity index is 172. The summed E-state index contributed by atoms with van der Waals surface area (Å²) in [5.41, 5.74) is 5.37. The van der Waals surface area contributed by atoms with Crippen LogP contribution in [0.5, 0.6) is 0 Å². The van der Waals surface area contributed by atoms with Crippen LogP contribution in [0.3, 0.4) is 0 Å². The van der Waals surface area contributed by atoms with Crippen molar-refractivity contribution >= 4 is 5.97 Å². The summed E-state index contributed by atoms with van der Waals surface area (Å²) < 4.78 is 10.4. The molecule has 5 nitrogen and oxygen atoms in total. The maximum absolute atomic E-state index is 10.4. The third-order valence-electron chi connectivity index (χ3n) is 2.02. The molecule has 0 aromatic heterocycles. The second-order valence-electron chi connectivity index (χ2n) is 3.11. The van der Waals surface area contributed by atoms with Crippen LogP contribution in [0.4, 0.5) is 0 Å². The third kappa shape index (κ3) is 3.71. The van der Waals surface area contributed by atoms with Gasteiger partial charge >= 0.3 is 5.97 Å². The number of carboxylic acid groups (broad SMARTS) is 1. The summed E-state index contributed by atoms with van der Waals surface area (Å²) in [6.45, 7) is 0.743. The highest BCUT2D eigenvalue weighted by atomic mass is 16.7. The summed E-state index contributed by atoms with van der Waals surface area (Å²) in [5, 5.41) is 8.54. The van der Waals surface area contributed by atoms with Crippen molar-refractivity contribution in [2.24, 2.45) is 5.73 Å². The summed E-state index contributed by atoms with van der Waals surface area (Å²) >= 11 is 0. The Balaban J connectivity index is 2.28. The van der Waals surface area contributed by atoms with Crippen LogP contribution in [-0.4, -0.2) is 36.6 Å². The zero-order valence-corrected chi connectivity index (χ0v) is 7.44. The van der Waals surface area contributed by atoms with Crippen LogP contribution in [0, 0.1) is 0 Å². The maximum Gasteiger partial charge on any atom is 0.305 e. The molecule has 0 amide bonds. The topological polar surface area (TPSA) is 81.8 Å². The lowest BCUT2D eigenvalue weighted by Crippen LogP contribution is -2.34. The molecule has 0 aromatic carbocycles. The van der Waals surface area contributed by atoms with Gasteiger partial charge in [-0.1, -0.05) is 0 Å². The van der Waals surface area contributed by atoms with Crippen molar-refractivity contribution in [2.45, 2.75) is 31.5 Å². The Morgan fingerprint density at radius 3 is 2.77 bits per heavy atom. The average Bonchev–Trinajstić information content (AvgIpc) is 2.04. The molecule has 0 unspecified atom stereocenters. The van der Waals surface area contributed by atoms with Gasteiger partial charge in [0.1, 0.15) is 6.79 Å². The van der Waals surface area contributed by atoms with Crippen LogP contribution in [0.25, 0.3) is 0 Å². The lowest BCUT2D eigenvalue weighted by atomic mass is 10.1. The van der Waals surface area contributed by atoms with Crippen molar-refractivity contribution < 1.29 is 19.4 Å². The molecule has 1 fully saturated rings. The van der Waals surface area contributed by atoms with E-state index in [0.29, 0.717) is 13.0 Å². The Morgan fingerprint density at radius 2 is 2.15 bits per heavy atom. The number of hydrogen-bond donors (Lipinski definition) is 2. The summed E-state index contributed by atoms with van der Waals surface area (Å²) in [7, 11) is 0. The standard InChI is InChI=1S/C8H15NO4/c9-2-1-6-3-7(4-8(10)11)13-5-12-6/h6-7H,1-5,9H2,(H,10,11)/t6-,7-/m0/s1. The molecule has 0 aromatic rings. The number of rotatable bonds is 4. The van der Waals surface area contributed by atoms with Gasteiger partial charge in [0, 0.05) is 6.42 Å². The van der Waals surface area contributed by atoms with Crippen molar-refractivity contribution in [3.05, 3.63) is 0 Å². The number of hydrogen-bond acceptors (Lipinski definition) is 4. The van der Waals surface area contributed by atoms with Crippen LogP contribution < -0.4 is 5.73 Å². The van der Waals surface area contributed by atoms with Gasteiger partial charge in [0.2, 0.25) is 0 Å². The first-order chi connectivity index (χ1) is 6.22. The van der Waals surface area contributed by atoms with E-state index in [0.717, 1.165) is 6.42 Å². The van der Waals surface area contributed by atoms with Gasteiger partial charge in [-0.25, -0.2) is 0 Å². The second-order valence-corrected chi connectivity index (χ2v) is 3.11. The molecule has 1 aliphatic rings. The molecule has 2 atom stereocenters. The van der Waals surface area contributed by atoms with Gasteiger partial charge in [0.15, 0.2) is 0 Å². The van der Waals surface area contributed by atoms with E-state index in [4.69, 9.17) is 20.3 Å². The minimum absolute atomic E-state index is 0.0461. The van der Waals surface area contributed by atoms with Gasteiger partial charge < -0.3 is 20.3 Å². The molecule has 1 heterocycles. The highest BCUT2D eigenvalue weighted by Crippen LogP contribution is 2.17. The van der Waals surface area contributed by atoms with Crippen LogP contribution in [0.2, 0.25) is 0 Å². The molecule has 0 spiro atoms. The van der Waals surface area contributed by atoms with Crippen molar-refractivity contribution in [3.63, 3.8) is 0 Å². The van der Waals surface area contributed by atoms with E-state index in [1.807, 2.05) is 0 Å². The summed E-state index contributed by atoms with van der Waals surface area (Å²) in [6, 6.07) is 0. The average molecular weight is 189 g/mol. The number of aliphatic carboxylic acids is 1. The molecule has 76 valence electrons. The first kappa shape index (κ1) is 10.4. The van der Waals surface area contributed by atoms with E-state index in [2.05, 4.69) is 0 Å². The summed E-state index contributed by atoms with van der Waals surface area (Å²) in [6.07, 6.45) is 1.28. The van der Waals surface area contributed by atoms with Crippen molar-refractivity contribution in [1.29, 1.82) is 0 Å². The number of ether oxygens (including phenoxy) is 2. The highest BCUT2D eigenvalue weighted by molar-refractivity contribution is 5.67.